The molecule has 0 spiro atoms. The van der Waals surface area contributed by atoms with E-state index in [-0.39, 0.29) is 5.41 Å². The molecule has 2 heteroatoms. The maximum atomic E-state index is 8.75. The number of pyridine rings is 1. The fourth-order valence-corrected chi connectivity index (χ4v) is 1.63. The minimum absolute atomic E-state index is 0.0710. The van der Waals surface area contributed by atoms with Gasteiger partial charge in [0.2, 0.25) is 0 Å². The molecule has 0 aromatic carbocycles. The van der Waals surface area contributed by atoms with E-state index in [0.717, 1.165) is 18.5 Å². The van der Waals surface area contributed by atoms with Crippen LogP contribution in [0.25, 0.3) is 0 Å². The first-order chi connectivity index (χ1) is 6.60. The second kappa shape index (κ2) is 4.23. The van der Waals surface area contributed by atoms with Gasteiger partial charge in [-0.2, -0.15) is 5.26 Å². The molecule has 1 aromatic rings. The molecule has 0 amide bonds. The van der Waals surface area contributed by atoms with E-state index in [9.17, 15) is 0 Å². The van der Waals surface area contributed by atoms with Crippen molar-refractivity contribution in [2.45, 2.75) is 39.0 Å². The predicted octanol–water partition coefficient (Wildman–Crippen LogP) is 3.03. The Morgan fingerprint density at radius 1 is 1.43 bits per heavy atom. The molecule has 74 valence electrons. The van der Waals surface area contributed by atoms with Crippen LogP contribution in [0.4, 0.5) is 0 Å². The average molecular weight is 188 g/mol. The van der Waals surface area contributed by atoms with Crippen molar-refractivity contribution in [3.63, 3.8) is 0 Å². The molecule has 0 atom stereocenters. The fraction of sp³-hybridized carbons (Fsp3) is 0.500. The number of hydrogen-bond acceptors (Lipinski definition) is 2. The third kappa shape index (κ3) is 2.32. The van der Waals surface area contributed by atoms with Gasteiger partial charge in [-0.25, -0.2) is 4.98 Å². The van der Waals surface area contributed by atoms with Gasteiger partial charge < -0.3 is 0 Å². The molecule has 0 aliphatic carbocycles. The maximum Gasteiger partial charge on any atom is 0.140 e. The van der Waals surface area contributed by atoms with Gasteiger partial charge in [-0.15, -0.1) is 0 Å². The first-order valence-electron chi connectivity index (χ1n) is 4.98. The Kier molecular flexibility index (Phi) is 3.24. The summed E-state index contributed by atoms with van der Waals surface area (Å²) in [6, 6.07) is 7.71. The summed E-state index contributed by atoms with van der Waals surface area (Å²) >= 11 is 0. The van der Waals surface area contributed by atoms with Crippen molar-refractivity contribution in [3.05, 3.63) is 29.6 Å². The smallest absolute Gasteiger partial charge is 0.140 e. The summed E-state index contributed by atoms with van der Waals surface area (Å²) in [5, 5.41) is 8.75. The Labute approximate surface area is 85.6 Å². The van der Waals surface area contributed by atoms with Crippen LogP contribution < -0.4 is 0 Å². The molecule has 0 saturated heterocycles. The summed E-state index contributed by atoms with van der Waals surface area (Å²) in [5.74, 6) is 0. The zero-order chi connectivity index (χ0) is 10.6. The van der Waals surface area contributed by atoms with Crippen molar-refractivity contribution >= 4 is 0 Å². The monoisotopic (exact) mass is 188 g/mol. The van der Waals surface area contributed by atoms with Crippen molar-refractivity contribution in [1.29, 1.82) is 5.26 Å². The standard InChI is InChI=1S/C12H16N2/c1-4-8-12(2,3)11-7-5-6-10(9-13)14-11/h5-7H,4,8H2,1-3H3. The van der Waals surface area contributed by atoms with Gasteiger partial charge in [-0.05, 0) is 18.6 Å². The molecule has 0 fully saturated rings. The lowest BCUT2D eigenvalue weighted by Crippen LogP contribution is -2.18. The highest BCUT2D eigenvalue weighted by molar-refractivity contribution is 5.25. The van der Waals surface area contributed by atoms with Gasteiger partial charge in [0.05, 0.1) is 0 Å². The molecule has 0 N–H and O–H groups in total. The van der Waals surface area contributed by atoms with E-state index in [0.29, 0.717) is 5.69 Å². The van der Waals surface area contributed by atoms with E-state index in [2.05, 4.69) is 31.8 Å². The summed E-state index contributed by atoms with van der Waals surface area (Å²) in [6.45, 7) is 6.50. The van der Waals surface area contributed by atoms with Crippen LogP contribution >= 0.6 is 0 Å². The van der Waals surface area contributed by atoms with Crippen LogP contribution in [0.1, 0.15) is 45.0 Å². The molecule has 0 radical (unpaired) electrons. The van der Waals surface area contributed by atoms with E-state index >= 15 is 0 Å². The van der Waals surface area contributed by atoms with Crippen LogP contribution in [0.2, 0.25) is 0 Å². The van der Waals surface area contributed by atoms with Gasteiger partial charge in [0.15, 0.2) is 0 Å². The molecule has 1 rings (SSSR count). The van der Waals surface area contributed by atoms with Crippen molar-refractivity contribution < 1.29 is 0 Å². The largest absolute Gasteiger partial charge is 0.242 e. The van der Waals surface area contributed by atoms with Crippen LogP contribution in [0, 0.1) is 11.3 Å². The predicted molar refractivity (Wildman–Crippen MR) is 56.9 cm³/mol. The summed E-state index contributed by atoms with van der Waals surface area (Å²) in [6.07, 6.45) is 2.22. The Hall–Kier alpha value is -1.36. The maximum absolute atomic E-state index is 8.75. The third-order valence-electron chi connectivity index (χ3n) is 2.43. The second-order valence-corrected chi connectivity index (χ2v) is 4.15. The lowest BCUT2D eigenvalue weighted by molar-refractivity contribution is 0.459. The minimum atomic E-state index is 0.0710. The molecular weight excluding hydrogens is 172 g/mol. The van der Waals surface area contributed by atoms with Crippen molar-refractivity contribution in [3.8, 4) is 6.07 Å². The first-order valence-corrected chi connectivity index (χ1v) is 4.98. The SMILES string of the molecule is CCCC(C)(C)c1cccc(C#N)n1. The molecule has 1 aromatic heterocycles. The van der Waals surface area contributed by atoms with Gasteiger partial charge in [0, 0.05) is 11.1 Å². The van der Waals surface area contributed by atoms with Crippen LogP contribution in [-0.4, -0.2) is 4.98 Å². The number of nitrogens with zero attached hydrogens (tertiary/aromatic N) is 2. The average Bonchev–Trinajstić information content (AvgIpc) is 2.18. The van der Waals surface area contributed by atoms with E-state index in [1.165, 1.54) is 0 Å². The van der Waals surface area contributed by atoms with Gasteiger partial charge in [-0.3, -0.25) is 0 Å². The molecule has 0 unspecified atom stereocenters. The summed E-state index contributed by atoms with van der Waals surface area (Å²) in [7, 11) is 0. The fourth-order valence-electron chi connectivity index (χ4n) is 1.63. The Morgan fingerprint density at radius 2 is 2.14 bits per heavy atom. The number of nitriles is 1. The Morgan fingerprint density at radius 3 is 2.71 bits per heavy atom. The quantitative estimate of drug-likeness (QED) is 0.731. The number of aromatic nitrogens is 1. The lowest BCUT2D eigenvalue weighted by atomic mass is 9.84. The molecule has 0 saturated carbocycles. The van der Waals surface area contributed by atoms with Crippen LogP contribution in [0.5, 0.6) is 0 Å². The number of hydrogen-bond donors (Lipinski definition) is 0. The third-order valence-corrected chi connectivity index (χ3v) is 2.43. The molecule has 2 nitrogen and oxygen atoms in total. The highest BCUT2D eigenvalue weighted by atomic mass is 14.7. The van der Waals surface area contributed by atoms with E-state index < -0.39 is 0 Å². The van der Waals surface area contributed by atoms with Gasteiger partial charge >= 0.3 is 0 Å². The van der Waals surface area contributed by atoms with Crippen molar-refractivity contribution in [2.75, 3.05) is 0 Å². The molecule has 1 heterocycles. The second-order valence-electron chi connectivity index (χ2n) is 4.15. The summed E-state index contributed by atoms with van der Waals surface area (Å²) in [5.41, 5.74) is 1.59. The molecule has 0 aliphatic rings. The summed E-state index contributed by atoms with van der Waals surface area (Å²) in [4.78, 5) is 4.32. The van der Waals surface area contributed by atoms with Crippen molar-refractivity contribution in [2.24, 2.45) is 0 Å². The van der Waals surface area contributed by atoms with Gasteiger partial charge in [0.25, 0.3) is 0 Å². The summed E-state index contributed by atoms with van der Waals surface area (Å²) < 4.78 is 0. The first kappa shape index (κ1) is 10.7. The normalized spacial score (nSPS) is 11.0. The van der Waals surface area contributed by atoms with Gasteiger partial charge in [-0.1, -0.05) is 33.3 Å². The highest BCUT2D eigenvalue weighted by Gasteiger charge is 2.20. The zero-order valence-electron chi connectivity index (χ0n) is 9.04. The Balaban J connectivity index is 3.01. The van der Waals surface area contributed by atoms with Crippen molar-refractivity contribution in [1.82, 2.24) is 4.98 Å². The van der Waals surface area contributed by atoms with Crippen LogP contribution in [-0.2, 0) is 5.41 Å². The zero-order valence-corrected chi connectivity index (χ0v) is 9.04. The molecule has 0 bridgehead atoms. The molecular formula is C12H16N2. The molecule has 0 aliphatic heterocycles. The lowest BCUT2D eigenvalue weighted by Gasteiger charge is -2.23. The van der Waals surface area contributed by atoms with Crippen LogP contribution in [0.3, 0.4) is 0 Å². The Bertz CT molecular complexity index is 348. The molecule has 14 heavy (non-hydrogen) atoms. The topological polar surface area (TPSA) is 36.7 Å². The van der Waals surface area contributed by atoms with E-state index in [1.807, 2.05) is 12.1 Å². The number of rotatable bonds is 3. The van der Waals surface area contributed by atoms with E-state index in [4.69, 9.17) is 5.26 Å². The van der Waals surface area contributed by atoms with E-state index in [1.54, 1.807) is 6.07 Å². The minimum Gasteiger partial charge on any atom is -0.242 e. The highest BCUT2D eigenvalue weighted by Crippen LogP contribution is 2.26. The van der Waals surface area contributed by atoms with Gasteiger partial charge in [0.1, 0.15) is 11.8 Å². The van der Waals surface area contributed by atoms with Crippen LogP contribution in [0.15, 0.2) is 18.2 Å².